The number of fused-ring (bicyclic) bond motifs is 2. The van der Waals surface area contributed by atoms with Crippen molar-refractivity contribution in [2.75, 3.05) is 0 Å². The fraction of sp³-hybridized carbons (Fsp3) is 0.0588. The fourth-order valence-corrected chi connectivity index (χ4v) is 2.56. The molecule has 4 aromatic rings. The van der Waals surface area contributed by atoms with Crippen molar-refractivity contribution in [3.63, 3.8) is 0 Å². The first-order valence-corrected chi connectivity index (χ1v) is 6.85. The Hall–Kier alpha value is -3.08. The molecular weight excluding hydrogens is 280 g/mol. The van der Waals surface area contributed by atoms with Crippen LogP contribution in [0.3, 0.4) is 0 Å². The van der Waals surface area contributed by atoms with Crippen LogP contribution in [0, 0.1) is 6.92 Å². The second kappa shape index (κ2) is 4.46. The number of aromatic hydroxyl groups is 1. The number of rotatable bonds is 1. The second-order valence-electron chi connectivity index (χ2n) is 5.18. The molecule has 5 heteroatoms. The van der Waals surface area contributed by atoms with Crippen molar-refractivity contribution >= 4 is 22.0 Å². The predicted octanol–water partition coefficient (Wildman–Crippen LogP) is 3.35. The van der Waals surface area contributed by atoms with Gasteiger partial charge in [-0.3, -0.25) is 0 Å². The summed E-state index contributed by atoms with van der Waals surface area (Å²) in [6, 6.07) is 12.6. The molecule has 2 aromatic heterocycles. The van der Waals surface area contributed by atoms with Gasteiger partial charge in [0, 0.05) is 10.9 Å². The lowest BCUT2D eigenvalue weighted by Gasteiger charge is -2.04. The first kappa shape index (κ1) is 12.6. The summed E-state index contributed by atoms with van der Waals surface area (Å²) >= 11 is 0. The van der Waals surface area contributed by atoms with Crippen molar-refractivity contribution in [2.24, 2.45) is 0 Å². The number of nitrogens with one attached hydrogen (secondary N) is 1. The van der Waals surface area contributed by atoms with Gasteiger partial charge < -0.3 is 14.5 Å². The molecule has 22 heavy (non-hydrogen) atoms. The van der Waals surface area contributed by atoms with Gasteiger partial charge in [0.1, 0.15) is 22.7 Å². The Kier molecular flexibility index (Phi) is 2.56. The van der Waals surface area contributed by atoms with Crippen LogP contribution in [-0.4, -0.2) is 15.1 Å². The van der Waals surface area contributed by atoms with Gasteiger partial charge >= 0.3 is 5.63 Å². The number of hydrogen-bond acceptors (Lipinski definition) is 4. The maximum absolute atomic E-state index is 12.3. The molecule has 0 amide bonds. The summed E-state index contributed by atoms with van der Waals surface area (Å²) in [5.41, 5.74) is 2.47. The van der Waals surface area contributed by atoms with Crippen LogP contribution in [0.15, 0.2) is 51.7 Å². The molecule has 108 valence electrons. The third-order valence-corrected chi connectivity index (χ3v) is 3.77. The lowest BCUT2D eigenvalue weighted by atomic mass is 10.1. The number of para-hydroxylation sites is 2. The Bertz CT molecular complexity index is 1040. The fourth-order valence-electron chi connectivity index (χ4n) is 2.56. The molecule has 4 rings (SSSR count). The molecule has 0 aliphatic rings. The number of benzene rings is 2. The molecule has 0 bridgehead atoms. The Morgan fingerprint density at radius 1 is 1.18 bits per heavy atom. The molecule has 0 saturated carbocycles. The van der Waals surface area contributed by atoms with E-state index in [0.29, 0.717) is 22.5 Å². The third kappa shape index (κ3) is 1.79. The zero-order valence-corrected chi connectivity index (χ0v) is 11.8. The molecule has 0 aliphatic heterocycles. The number of aromatic amines is 1. The maximum Gasteiger partial charge on any atom is 0.347 e. The average molecular weight is 292 g/mol. The van der Waals surface area contributed by atoms with Crippen molar-refractivity contribution in [2.45, 2.75) is 6.92 Å². The number of phenolic OH excluding ortho intramolecular Hbond substituents is 1. The van der Waals surface area contributed by atoms with E-state index in [1.165, 1.54) is 0 Å². The molecule has 0 aliphatic carbocycles. The van der Waals surface area contributed by atoms with Gasteiger partial charge in [0.05, 0.1) is 11.0 Å². The van der Waals surface area contributed by atoms with Crippen molar-refractivity contribution in [1.82, 2.24) is 9.97 Å². The van der Waals surface area contributed by atoms with E-state index in [2.05, 4.69) is 9.97 Å². The number of aryl methyl sites for hydroxylation is 1. The van der Waals surface area contributed by atoms with Crippen molar-refractivity contribution in [3.05, 3.63) is 58.4 Å². The first-order valence-electron chi connectivity index (χ1n) is 6.85. The van der Waals surface area contributed by atoms with Crippen molar-refractivity contribution in [1.29, 1.82) is 0 Å². The largest absolute Gasteiger partial charge is 0.508 e. The number of hydrogen-bond donors (Lipinski definition) is 2. The van der Waals surface area contributed by atoms with Gasteiger partial charge in [-0.25, -0.2) is 9.78 Å². The van der Waals surface area contributed by atoms with Gasteiger partial charge in [0.15, 0.2) is 0 Å². The van der Waals surface area contributed by atoms with Gasteiger partial charge in [0.2, 0.25) is 0 Å². The molecule has 2 N–H and O–H groups in total. The van der Waals surface area contributed by atoms with E-state index >= 15 is 0 Å². The highest BCUT2D eigenvalue weighted by Gasteiger charge is 2.14. The van der Waals surface area contributed by atoms with Crippen LogP contribution in [0.25, 0.3) is 33.4 Å². The maximum atomic E-state index is 12.3. The van der Waals surface area contributed by atoms with Gasteiger partial charge in [-0.1, -0.05) is 12.1 Å². The minimum atomic E-state index is -0.486. The van der Waals surface area contributed by atoms with Gasteiger partial charge in [-0.05, 0) is 37.3 Å². The third-order valence-electron chi connectivity index (χ3n) is 3.77. The number of H-pyrrole nitrogens is 1. The Morgan fingerprint density at radius 3 is 2.82 bits per heavy atom. The standard InChI is InChI=1S/C17H12N2O3/c1-9-14(20)7-6-10-8-11(17(21)22-15(9)10)16-18-12-4-2-3-5-13(12)19-16/h2-8,20H,1H3,(H,18,19). The predicted molar refractivity (Wildman–Crippen MR) is 84.0 cm³/mol. The van der Waals surface area contributed by atoms with Gasteiger partial charge in [-0.2, -0.15) is 0 Å². The van der Waals surface area contributed by atoms with Gasteiger partial charge in [-0.15, -0.1) is 0 Å². The minimum Gasteiger partial charge on any atom is -0.508 e. The zero-order valence-electron chi connectivity index (χ0n) is 11.8. The summed E-state index contributed by atoms with van der Waals surface area (Å²) < 4.78 is 5.38. The van der Waals surface area contributed by atoms with E-state index in [1.807, 2.05) is 24.3 Å². The highest BCUT2D eigenvalue weighted by atomic mass is 16.4. The average Bonchev–Trinajstić information content (AvgIpc) is 2.95. The highest BCUT2D eigenvalue weighted by Crippen LogP contribution is 2.27. The topological polar surface area (TPSA) is 79.1 Å². The van der Waals surface area contributed by atoms with E-state index in [-0.39, 0.29) is 5.75 Å². The van der Waals surface area contributed by atoms with Crippen LogP contribution >= 0.6 is 0 Å². The lowest BCUT2D eigenvalue weighted by Crippen LogP contribution is -2.04. The molecule has 0 atom stereocenters. The molecule has 5 nitrogen and oxygen atoms in total. The van der Waals surface area contributed by atoms with E-state index in [4.69, 9.17) is 4.42 Å². The summed E-state index contributed by atoms with van der Waals surface area (Å²) in [5.74, 6) is 0.578. The summed E-state index contributed by atoms with van der Waals surface area (Å²) in [4.78, 5) is 19.8. The van der Waals surface area contributed by atoms with Crippen LogP contribution < -0.4 is 5.63 Å². The molecule has 0 unspecified atom stereocenters. The van der Waals surface area contributed by atoms with E-state index in [1.54, 1.807) is 25.1 Å². The van der Waals surface area contributed by atoms with E-state index in [0.717, 1.165) is 16.4 Å². The zero-order chi connectivity index (χ0) is 15.3. The van der Waals surface area contributed by atoms with Crippen LogP contribution in [0.1, 0.15) is 5.56 Å². The smallest absolute Gasteiger partial charge is 0.347 e. The quantitative estimate of drug-likeness (QED) is 0.527. The molecular formula is C17H12N2O3. The molecule has 0 radical (unpaired) electrons. The second-order valence-corrected chi connectivity index (χ2v) is 5.18. The monoisotopic (exact) mass is 292 g/mol. The molecule has 0 saturated heterocycles. The Balaban J connectivity index is 2.00. The van der Waals surface area contributed by atoms with Crippen LogP contribution in [-0.2, 0) is 0 Å². The number of nitrogens with zero attached hydrogens (tertiary/aromatic N) is 1. The summed E-state index contributed by atoms with van der Waals surface area (Å²) in [5, 5.41) is 10.5. The molecule has 0 fully saturated rings. The minimum absolute atomic E-state index is 0.104. The molecule has 2 heterocycles. The molecule has 0 spiro atoms. The van der Waals surface area contributed by atoms with Crippen LogP contribution in [0.4, 0.5) is 0 Å². The Labute approximate surface area is 124 Å². The highest BCUT2D eigenvalue weighted by molar-refractivity contribution is 5.86. The summed E-state index contributed by atoms with van der Waals surface area (Å²) in [6.07, 6.45) is 0. The van der Waals surface area contributed by atoms with Crippen molar-refractivity contribution in [3.8, 4) is 17.1 Å². The number of aromatic nitrogens is 2. The van der Waals surface area contributed by atoms with E-state index in [9.17, 15) is 9.90 Å². The van der Waals surface area contributed by atoms with Crippen LogP contribution in [0.2, 0.25) is 0 Å². The summed E-state index contributed by atoms with van der Waals surface area (Å²) in [7, 11) is 0. The normalized spacial score (nSPS) is 11.3. The SMILES string of the molecule is Cc1c(O)ccc2cc(-c3nc4ccccc4[nH]3)c(=O)oc12. The van der Waals surface area contributed by atoms with Crippen molar-refractivity contribution < 1.29 is 9.52 Å². The molecule has 2 aromatic carbocycles. The van der Waals surface area contributed by atoms with Gasteiger partial charge in [0.25, 0.3) is 0 Å². The van der Waals surface area contributed by atoms with Crippen LogP contribution in [0.5, 0.6) is 5.75 Å². The summed E-state index contributed by atoms with van der Waals surface area (Å²) in [6.45, 7) is 1.71. The first-order chi connectivity index (χ1) is 10.6. The number of imidazole rings is 1. The lowest BCUT2D eigenvalue weighted by molar-refractivity contribution is 0.468. The van der Waals surface area contributed by atoms with E-state index < -0.39 is 5.63 Å². The Morgan fingerprint density at radius 2 is 2.00 bits per heavy atom. The number of phenols is 1.